The molecule has 2 saturated heterocycles. The van der Waals surface area contributed by atoms with Gasteiger partial charge in [0.2, 0.25) is 0 Å². The van der Waals surface area contributed by atoms with Crippen LogP contribution in [0.1, 0.15) is 22.3 Å². The molecule has 0 spiro atoms. The van der Waals surface area contributed by atoms with Crippen molar-refractivity contribution in [3.8, 4) is 22.3 Å². The zero-order chi connectivity index (χ0) is 41.0. The highest BCUT2D eigenvalue weighted by Crippen LogP contribution is 2.29. The SMILES string of the molecule is CN(C)C(=O)N1CCN(Cc2ccc(-c3ccccc3Cl)cc2)C[C@H]1Cc1ccccc1.Clc1ccccc1-c1ccc(CN2CCN[C@H](Cc3ccccc3)C2)cc1. The van der Waals surface area contributed by atoms with Gasteiger partial charge in [0, 0.05) is 93.7 Å². The van der Waals surface area contributed by atoms with Crippen molar-refractivity contribution in [1.29, 1.82) is 0 Å². The molecule has 0 unspecified atom stereocenters. The molecule has 2 heterocycles. The highest BCUT2D eigenvalue weighted by Gasteiger charge is 2.31. The van der Waals surface area contributed by atoms with Gasteiger partial charge in [0.15, 0.2) is 0 Å². The third kappa shape index (κ3) is 11.8. The molecule has 0 aromatic heterocycles. The van der Waals surface area contributed by atoms with Crippen molar-refractivity contribution in [2.45, 2.75) is 38.0 Å². The second kappa shape index (κ2) is 20.8. The van der Waals surface area contributed by atoms with Gasteiger partial charge >= 0.3 is 6.03 Å². The van der Waals surface area contributed by atoms with Gasteiger partial charge in [0.1, 0.15) is 0 Å². The maximum Gasteiger partial charge on any atom is 0.319 e. The van der Waals surface area contributed by atoms with Crippen LogP contribution in [0.4, 0.5) is 4.79 Å². The molecule has 0 radical (unpaired) electrons. The molecule has 0 bridgehead atoms. The number of carbonyl (C=O) groups is 1. The molecule has 2 fully saturated rings. The van der Waals surface area contributed by atoms with Crippen LogP contribution in [0.25, 0.3) is 22.3 Å². The second-order valence-corrected chi connectivity index (χ2v) is 16.7. The van der Waals surface area contributed by atoms with Gasteiger partial charge < -0.3 is 15.1 Å². The number of benzene rings is 6. The lowest BCUT2D eigenvalue weighted by Gasteiger charge is -2.42. The zero-order valence-corrected chi connectivity index (χ0v) is 35.7. The topological polar surface area (TPSA) is 42.1 Å². The standard InChI is InChI=1S/C27H30ClN3O.C24H25ClN2/c1-29(2)27(32)31-17-16-30(20-24(31)18-21-8-4-3-5-9-21)19-22-12-14-23(15-13-22)25-10-6-7-11-26(25)28;25-24-9-5-4-8-23(24)21-12-10-20(11-13-21)17-27-15-14-26-22(18-27)16-19-6-2-1-3-7-19/h3-15,24H,16-20H2,1-2H3;1-13,22,26H,14-18H2/t24-;22-/m11/s1. The van der Waals surface area contributed by atoms with Gasteiger partial charge in [0.25, 0.3) is 0 Å². The van der Waals surface area contributed by atoms with Crippen LogP contribution in [0.15, 0.2) is 158 Å². The summed E-state index contributed by atoms with van der Waals surface area (Å²) in [7, 11) is 3.66. The molecule has 2 amide bonds. The number of urea groups is 1. The highest BCUT2D eigenvalue weighted by atomic mass is 35.5. The van der Waals surface area contributed by atoms with Crippen molar-refractivity contribution >= 4 is 29.2 Å². The first-order valence-electron chi connectivity index (χ1n) is 20.7. The Kier molecular flexibility index (Phi) is 14.9. The molecule has 6 nitrogen and oxygen atoms in total. The largest absolute Gasteiger partial charge is 0.331 e. The van der Waals surface area contributed by atoms with E-state index in [2.05, 4.69) is 124 Å². The number of nitrogens with zero attached hydrogens (tertiary/aromatic N) is 4. The highest BCUT2D eigenvalue weighted by molar-refractivity contribution is 6.33. The lowest BCUT2D eigenvalue weighted by Crippen LogP contribution is -2.57. The summed E-state index contributed by atoms with van der Waals surface area (Å²) in [5.41, 5.74) is 9.74. The third-order valence-corrected chi connectivity index (χ3v) is 11.9. The fourth-order valence-electron chi connectivity index (χ4n) is 8.19. The van der Waals surface area contributed by atoms with Crippen molar-refractivity contribution in [3.63, 3.8) is 0 Å². The fourth-order valence-corrected chi connectivity index (χ4v) is 8.68. The molecule has 1 N–H and O–H groups in total. The lowest BCUT2D eigenvalue weighted by atomic mass is 10.0. The fraction of sp³-hybridized carbons (Fsp3) is 0.275. The van der Waals surface area contributed by atoms with Gasteiger partial charge in [-0.15, -0.1) is 0 Å². The van der Waals surface area contributed by atoms with Crippen LogP contribution in [0, 0.1) is 0 Å². The summed E-state index contributed by atoms with van der Waals surface area (Å²) in [5.74, 6) is 0. The Balaban J connectivity index is 0.000000181. The van der Waals surface area contributed by atoms with E-state index in [4.69, 9.17) is 23.2 Å². The average Bonchev–Trinajstić information content (AvgIpc) is 3.26. The van der Waals surface area contributed by atoms with E-state index in [1.807, 2.05) is 67.5 Å². The van der Waals surface area contributed by atoms with E-state index < -0.39 is 0 Å². The van der Waals surface area contributed by atoms with E-state index in [-0.39, 0.29) is 12.1 Å². The van der Waals surface area contributed by atoms with Gasteiger partial charge in [-0.1, -0.05) is 169 Å². The quantitative estimate of drug-likeness (QED) is 0.149. The minimum absolute atomic E-state index is 0.0923. The van der Waals surface area contributed by atoms with Crippen molar-refractivity contribution in [3.05, 3.63) is 190 Å². The summed E-state index contributed by atoms with van der Waals surface area (Å²) >= 11 is 12.7. The molecule has 2 aliphatic rings. The van der Waals surface area contributed by atoms with E-state index in [1.165, 1.54) is 27.8 Å². The second-order valence-electron chi connectivity index (χ2n) is 15.9. The normalized spacial score (nSPS) is 17.2. The summed E-state index contributed by atoms with van der Waals surface area (Å²) in [6.45, 7) is 7.58. The predicted octanol–water partition coefficient (Wildman–Crippen LogP) is 10.4. The number of hydrogen-bond donors (Lipinski definition) is 1. The smallest absolute Gasteiger partial charge is 0.319 e. The van der Waals surface area contributed by atoms with E-state index >= 15 is 0 Å². The summed E-state index contributed by atoms with van der Waals surface area (Å²) in [6, 6.07) is 55.4. The minimum Gasteiger partial charge on any atom is -0.331 e. The van der Waals surface area contributed by atoms with Crippen LogP contribution in [-0.4, -0.2) is 91.1 Å². The predicted molar refractivity (Wildman–Crippen MR) is 246 cm³/mol. The monoisotopic (exact) mass is 823 g/mol. The van der Waals surface area contributed by atoms with E-state index in [9.17, 15) is 4.79 Å². The van der Waals surface area contributed by atoms with Crippen molar-refractivity contribution < 1.29 is 4.79 Å². The molecular formula is C51H55Cl2N5O. The van der Waals surface area contributed by atoms with Crippen LogP contribution >= 0.6 is 23.2 Å². The van der Waals surface area contributed by atoms with E-state index in [1.54, 1.807) is 4.90 Å². The average molecular weight is 825 g/mol. The number of carbonyl (C=O) groups excluding carboxylic acids is 1. The van der Waals surface area contributed by atoms with Crippen LogP contribution < -0.4 is 5.32 Å². The van der Waals surface area contributed by atoms with Gasteiger partial charge in [0.05, 0.1) is 6.04 Å². The van der Waals surface area contributed by atoms with Crippen LogP contribution in [-0.2, 0) is 25.9 Å². The molecule has 6 aromatic rings. The summed E-state index contributed by atoms with van der Waals surface area (Å²) in [6.07, 6.45) is 1.95. The molecular weight excluding hydrogens is 770 g/mol. The van der Waals surface area contributed by atoms with Gasteiger partial charge in [-0.25, -0.2) is 4.79 Å². The van der Waals surface area contributed by atoms with Crippen molar-refractivity contribution in [2.24, 2.45) is 0 Å². The van der Waals surface area contributed by atoms with Gasteiger partial charge in [-0.2, -0.15) is 0 Å². The molecule has 8 rings (SSSR count). The number of rotatable bonds is 10. The van der Waals surface area contributed by atoms with Crippen LogP contribution in [0.2, 0.25) is 10.0 Å². The number of nitrogens with one attached hydrogen (secondary N) is 1. The Bertz CT molecular complexity index is 2220. The van der Waals surface area contributed by atoms with Crippen LogP contribution in [0.3, 0.4) is 0 Å². The number of halogens is 2. The van der Waals surface area contributed by atoms with Gasteiger partial charge in [-0.3, -0.25) is 9.80 Å². The Labute approximate surface area is 361 Å². The Morgan fingerprint density at radius 3 is 1.54 bits per heavy atom. The number of piperazine rings is 2. The summed E-state index contributed by atoms with van der Waals surface area (Å²) in [5, 5.41) is 5.23. The molecule has 0 aliphatic carbocycles. The molecule has 2 aliphatic heterocycles. The first kappa shape index (κ1) is 42.2. The maximum absolute atomic E-state index is 12.8. The Hall–Kier alpha value is -4.95. The van der Waals surface area contributed by atoms with E-state index in [0.717, 1.165) is 91.9 Å². The van der Waals surface area contributed by atoms with E-state index in [0.29, 0.717) is 6.04 Å². The molecule has 0 saturated carbocycles. The molecule has 8 heteroatoms. The Morgan fingerprint density at radius 2 is 1.03 bits per heavy atom. The van der Waals surface area contributed by atoms with Crippen LogP contribution in [0.5, 0.6) is 0 Å². The zero-order valence-electron chi connectivity index (χ0n) is 34.2. The summed E-state index contributed by atoms with van der Waals surface area (Å²) in [4.78, 5) is 21.5. The molecule has 304 valence electrons. The first-order valence-corrected chi connectivity index (χ1v) is 21.5. The van der Waals surface area contributed by atoms with Crippen molar-refractivity contribution in [2.75, 3.05) is 53.4 Å². The summed E-state index contributed by atoms with van der Waals surface area (Å²) < 4.78 is 0. The minimum atomic E-state index is 0.0923. The molecule has 2 atom stereocenters. The first-order chi connectivity index (χ1) is 28.8. The number of amides is 2. The third-order valence-electron chi connectivity index (χ3n) is 11.3. The molecule has 6 aromatic carbocycles. The Morgan fingerprint density at radius 1 is 0.559 bits per heavy atom. The number of hydrogen-bond acceptors (Lipinski definition) is 4. The maximum atomic E-state index is 12.8. The van der Waals surface area contributed by atoms with Gasteiger partial charge in [-0.05, 0) is 58.4 Å². The van der Waals surface area contributed by atoms with Crippen molar-refractivity contribution in [1.82, 2.24) is 24.9 Å². The molecule has 59 heavy (non-hydrogen) atoms. The lowest BCUT2D eigenvalue weighted by molar-refractivity contribution is 0.0779.